The average Bonchev–Trinajstić information content (AvgIpc) is 2.74. The van der Waals surface area contributed by atoms with Gasteiger partial charge in [0.25, 0.3) is 0 Å². The van der Waals surface area contributed by atoms with E-state index in [9.17, 15) is 4.79 Å². The molecule has 1 aliphatic rings. The van der Waals surface area contributed by atoms with E-state index in [0.717, 1.165) is 19.3 Å². The first-order valence-corrected chi connectivity index (χ1v) is 4.28. The lowest BCUT2D eigenvalue weighted by Gasteiger charge is -2.11. The molecule has 1 fully saturated rings. The van der Waals surface area contributed by atoms with Gasteiger partial charge < -0.3 is 11.1 Å². The maximum Gasteiger partial charge on any atom is 0.224 e. The van der Waals surface area contributed by atoms with Crippen LogP contribution >= 0.6 is 0 Å². The van der Waals surface area contributed by atoms with Crippen LogP contribution in [0, 0.1) is 5.92 Å². The molecular weight excluding hydrogens is 140 g/mol. The summed E-state index contributed by atoms with van der Waals surface area (Å²) in [5.74, 6) is 0.160. The monoisotopic (exact) mass is 156 g/mol. The van der Waals surface area contributed by atoms with Crippen molar-refractivity contribution in [1.82, 2.24) is 5.32 Å². The molecule has 64 valence electrons. The molecule has 11 heavy (non-hydrogen) atoms. The zero-order valence-electron chi connectivity index (χ0n) is 6.97. The van der Waals surface area contributed by atoms with Gasteiger partial charge in [-0.05, 0) is 19.3 Å². The van der Waals surface area contributed by atoms with E-state index in [1.807, 2.05) is 6.92 Å². The Morgan fingerprint density at radius 1 is 1.73 bits per heavy atom. The number of hydrogen-bond acceptors (Lipinski definition) is 2. The van der Waals surface area contributed by atoms with Crippen molar-refractivity contribution in [2.45, 2.75) is 32.2 Å². The summed E-state index contributed by atoms with van der Waals surface area (Å²) in [6, 6.07) is 0.461. The van der Waals surface area contributed by atoms with Crippen LogP contribution in [0.4, 0.5) is 0 Å². The van der Waals surface area contributed by atoms with Gasteiger partial charge in [0, 0.05) is 18.5 Å². The molecule has 3 heteroatoms. The molecule has 0 radical (unpaired) electrons. The highest BCUT2D eigenvalue weighted by atomic mass is 16.2. The van der Waals surface area contributed by atoms with Crippen LogP contribution < -0.4 is 11.1 Å². The Balaban J connectivity index is 2.24. The van der Waals surface area contributed by atoms with Crippen molar-refractivity contribution in [3.8, 4) is 0 Å². The van der Waals surface area contributed by atoms with E-state index >= 15 is 0 Å². The van der Waals surface area contributed by atoms with E-state index in [0.29, 0.717) is 12.6 Å². The second-order valence-corrected chi connectivity index (χ2v) is 3.12. The molecule has 0 aromatic carbocycles. The van der Waals surface area contributed by atoms with Gasteiger partial charge in [0.2, 0.25) is 5.91 Å². The normalized spacial score (nSPS) is 19.5. The Labute approximate surface area is 67.3 Å². The van der Waals surface area contributed by atoms with Crippen molar-refractivity contribution in [2.24, 2.45) is 11.7 Å². The van der Waals surface area contributed by atoms with Crippen molar-refractivity contribution in [1.29, 1.82) is 0 Å². The van der Waals surface area contributed by atoms with E-state index in [1.165, 1.54) is 0 Å². The van der Waals surface area contributed by atoms with Crippen LogP contribution in [0.3, 0.4) is 0 Å². The standard InChI is InChI=1S/C8H16N2O/c1-2-6(5-9)8(11)10-7-3-4-7/h6-7H,2-5,9H2,1H3,(H,10,11). The summed E-state index contributed by atoms with van der Waals surface area (Å²) in [4.78, 5) is 11.3. The van der Waals surface area contributed by atoms with Gasteiger partial charge in [-0.15, -0.1) is 0 Å². The van der Waals surface area contributed by atoms with Crippen LogP contribution in [0.25, 0.3) is 0 Å². The SMILES string of the molecule is CCC(CN)C(=O)NC1CC1. The van der Waals surface area contributed by atoms with Gasteiger partial charge in [0.15, 0.2) is 0 Å². The second-order valence-electron chi connectivity index (χ2n) is 3.12. The lowest BCUT2D eigenvalue weighted by Crippen LogP contribution is -2.35. The number of carbonyl (C=O) groups excluding carboxylic acids is 1. The Hall–Kier alpha value is -0.570. The number of amides is 1. The smallest absolute Gasteiger partial charge is 0.224 e. The van der Waals surface area contributed by atoms with Crippen molar-refractivity contribution in [2.75, 3.05) is 6.54 Å². The molecule has 1 saturated carbocycles. The highest BCUT2D eigenvalue weighted by Crippen LogP contribution is 2.19. The molecule has 1 rings (SSSR count). The van der Waals surface area contributed by atoms with E-state index in [-0.39, 0.29) is 11.8 Å². The zero-order valence-corrected chi connectivity index (χ0v) is 6.97. The van der Waals surface area contributed by atoms with Crippen molar-refractivity contribution >= 4 is 5.91 Å². The highest BCUT2D eigenvalue weighted by Gasteiger charge is 2.25. The molecule has 0 heterocycles. The Morgan fingerprint density at radius 3 is 2.73 bits per heavy atom. The maximum absolute atomic E-state index is 11.3. The van der Waals surface area contributed by atoms with Crippen LogP contribution in [0.2, 0.25) is 0 Å². The van der Waals surface area contributed by atoms with Crippen molar-refractivity contribution < 1.29 is 4.79 Å². The van der Waals surface area contributed by atoms with Crippen LogP contribution in [-0.2, 0) is 4.79 Å². The summed E-state index contributed by atoms with van der Waals surface area (Å²) in [5.41, 5.74) is 5.42. The Kier molecular flexibility index (Phi) is 2.88. The molecule has 3 nitrogen and oxygen atoms in total. The number of nitrogens with two attached hydrogens (primary N) is 1. The largest absolute Gasteiger partial charge is 0.353 e. The lowest BCUT2D eigenvalue weighted by molar-refractivity contribution is -0.124. The summed E-state index contributed by atoms with van der Waals surface area (Å²) in [5, 5.41) is 2.94. The third kappa shape index (κ3) is 2.50. The maximum atomic E-state index is 11.3. The number of hydrogen-bond donors (Lipinski definition) is 2. The van der Waals surface area contributed by atoms with Gasteiger partial charge in [0.05, 0.1) is 0 Å². The number of rotatable bonds is 4. The van der Waals surface area contributed by atoms with Gasteiger partial charge in [-0.2, -0.15) is 0 Å². The number of nitrogens with one attached hydrogen (secondary N) is 1. The van der Waals surface area contributed by atoms with E-state index in [4.69, 9.17) is 5.73 Å². The second kappa shape index (κ2) is 3.72. The fourth-order valence-corrected chi connectivity index (χ4v) is 1.01. The molecule has 0 bridgehead atoms. The van der Waals surface area contributed by atoms with E-state index in [1.54, 1.807) is 0 Å². The zero-order chi connectivity index (χ0) is 8.27. The fourth-order valence-electron chi connectivity index (χ4n) is 1.01. The summed E-state index contributed by atoms with van der Waals surface area (Å²) in [6.45, 7) is 2.46. The molecule has 0 aromatic heterocycles. The Morgan fingerprint density at radius 2 is 2.36 bits per heavy atom. The van der Waals surface area contributed by atoms with E-state index < -0.39 is 0 Å². The minimum atomic E-state index is 0.0237. The quantitative estimate of drug-likeness (QED) is 0.613. The Bertz CT molecular complexity index is 139. The van der Waals surface area contributed by atoms with Gasteiger partial charge in [-0.3, -0.25) is 4.79 Å². The van der Waals surface area contributed by atoms with Crippen molar-refractivity contribution in [3.05, 3.63) is 0 Å². The minimum Gasteiger partial charge on any atom is -0.353 e. The number of carbonyl (C=O) groups is 1. The van der Waals surface area contributed by atoms with Gasteiger partial charge in [-0.1, -0.05) is 6.92 Å². The topological polar surface area (TPSA) is 55.1 Å². The molecule has 1 atom stereocenters. The molecule has 0 saturated heterocycles. The van der Waals surface area contributed by atoms with Crippen LogP contribution in [0.1, 0.15) is 26.2 Å². The van der Waals surface area contributed by atoms with Gasteiger partial charge >= 0.3 is 0 Å². The molecule has 1 unspecified atom stereocenters. The molecular formula is C8H16N2O. The molecule has 0 aromatic rings. The summed E-state index contributed by atoms with van der Waals surface area (Å²) < 4.78 is 0. The van der Waals surface area contributed by atoms with Crippen LogP contribution in [-0.4, -0.2) is 18.5 Å². The minimum absolute atomic E-state index is 0.0237. The van der Waals surface area contributed by atoms with Crippen LogP contribution in [0.15, 0.2) is 0 Å². The molecule has 0 spiro atoms. The average molecular weight is 156 g/mol. The highest BCUT2D eigenvalue weighted by molar-refractivity contribution is 5.79. The van der Waals surface area contributed by atoms with Crippen LogP contribution in [0.5, 0.6) is 0 Å². The molecule has 1 amide bonds. The third-order valence-corrected chi connectivity index (χ3v) is 2.07. The molecule has 0 aliphatic heterocycles. The summed E-state index contributed by atoms with van der Waals surface area (Å²) in [7, 11) is 0. The first kappa shape index (κ1) is 8.53. The lowest BCUT2D eigenvalue weighted by atomic mass is 10.1. The summed E-state index contributed by atoms with van der Waals surface area (Å²) in [6.07, 6.45) is 3.13. The van der Waals surface area contributed by atoms with Gasteiger partial charge in [0.1, 0.15) is 0 Å². The fraction of sp³-hybridized carbons (Fsp3) is 0.875. The molecule has 1 aliphatic carbocycles. The van der Waals surface area contributed by atoms with E-state index in [2.05, 4.69) is 5.32 Å². The first-order valence-electron chi connectivity index (χ1n) is 4.28. The third-order valence-electron chi connectivity index (χ3n) is 2.07. The molecule has 3 N–H and O–H groups in total. The predicted molar refractivity (Wildman–Crippen MR) is 44.0 cm³/mol. The predicted octanol–water partition coefficient (Wildman–Crippen LogP) is 0.250. The van der Waals surface area contributed by atoms with Crippen molar-refractivity contribution in [3.63, 3.8) is 0 Å². The summed E-state index contributed by atoms with van der Waals surface area (Å²) >= 11 is 0. The van der Waals surface area contributed by atoms with Gasteiger partial charge in [-0.25, -0.2) is 0 Å². The first-order chi connectivity index (χ1) is 5.27.